The number of ether oxygens (including phenoxy) is 2. The Bertz CT molecular complexity index is 1070. The number of hydrogen-bond acceptors (Lipinski definition) is 4. The van der Waals surface area contributed by atoms with Gasteiger partial charge in [0, 0.05) is 19.1 Å². The van der Waals surface area contributed by atoms with E-state index in [1.54, 1.807) is 0 Å². The van der Waals surface area contributed by atoms with Gasteiger partial charge in [0.1, 0.15) is 5.75 Å². The van der Waals surface area contributed by atoms with Gasteiger partial charge in [-0.3, -0.25) is 4.79 Å². The van der Waals surface area contributed by atoms with Crippen LogP contribution < -0.4 is 4.74 Å². The zero-order valence-corrected chi connectivity index (χ0v) is 19.2. The molecule has 1 aliphatic heterocycles. The van der Waals surface area contributed by atoms with E-state index >= 15 is 0 Å². The summed E-state index contributed by atoms with van der Waals surface area (Å²) in [6.45, 7) is 3.86. The molecule has 0 unspecified atom stereocenters. The smallest absolute Gasteiger partial charge is 0.227 e. The summed E-state index contributed by atoms with van der Waals surface area (Å²) in [5, 5.41) is 4.82. The van der Waals surface area contributed by atoms with Crippen LogP contribution in [0.1, 0.15) is 43.4 Å². The maximum Gasteiger partial charge on any atom is 0.227 e. The number of para-hydroxylation sites is 2. The number of hydrogen-bond donors (Lipinski definition) is 0. The molecule has 2 fully saturated rings. The summed E-state index contributed by atoms with van der Waals surface area (Å²) >= 11 is 0. The largest absolute Gasteiger partial charge is 0.439 e. The number of benzene rings is 2. The molecule has 1 amide bonds. The lowest BCUT2D eigenvalue weighted by Crippen LogP contribution is -2.42. The van der Waals surface area contributed by atoms with Gasteiger partial charge in [-0.1, -0.05) is 42.8 Å². The highest BCUT2D eigenvalue weighted by molar-refractivity contribution is 5.79. The first-order chi connectivity index (χ1) is 16.2. The van der Waals surface area contributed by atoms with Gasteiger partial charge in [-0.15, -0.1) is 0 Å². The highest BCUT2D eigenvalue weighted by Crippen LogP contribution is 2.34. The van der Waals surface area contributed by atoms with Crippen LogP contribution in [-0.2, 0) is 16.1 Å². The van der Waals surface area contributed by atoms with Crippen molar-refractivity contribution in [1.29, 1.82) is 0 Å². The van der Waals surface area contributed by atoms with E-state index in [9.17, 15) is 4.79 Å². The zero-order chi connectivity index (χ0) is 22.6. The van der Waals surface area contributed by atoms with Gasteiger partial charge >= 0.3 is 0 Å². The molecule has 0 radical (unpaired) electrons. The summed E-state index contributed by atoms with van der Waals surface area (Å²) < 4.78 is 14.1. The van der Waals surface area contributed by atoms with E-state index < -0.39 is 0 Å². The van der Waals surface area contributed by atoms with Gasteiger partial charge in [-0.05, 0) is 56.9 Å². The standard InChI is InChI=1S/C27H31N3O3/c1-20-25(19-29(18-24-16-9-17-32-24)26(31)21-10-8-11-21)27(33-23-14-6-3-7-15-23)30(28-20)22-12-4-2-5-13-22/h2-7,12-15,21,24H,8-11,16-19H2,1H3/t24-/m1/s1. The van der Waals surface area contributed by atoms with Gasteiger partial charge in [0.2, 0.25) is 11.8 Å². The third-order valence-corrected chi connectivity index (χ3v) is 6.66. The van der Waals surface area contributed by atoms with Gasteiger partial charge < -0.3 is 14.4 Å². The van der Waals surface area contributed by atoms with Crippen molar-refractivity contribution < 1.29 is 14.3 Å². The predicted octanol–water partition coefficient (Wildman–Crippen LogP) is 5.28. The molecule has 1 aromatic heterocycles. The van der Waals surface area contributed by atoms with Crippen molar-refractivity contribution in [3.8, 4) is 17.3 Å². The Morgan fingerprint density at radius 3 is 2.42 bits per heavy atom. The molecule has 1 atom stereocenters. The van der Waals surface area contributed by atoms with Gasteiger partial charge in [0.05, 0.1) is 29.6 Å². The van der Waals surface area contributed by atoms with Crippen molar-refractivity contribution in [1.82, 2.24) is 14.7 Å². The van der Waals surface area contributed by atoms with E-state index in [0.717, 1.165) is 61.4 Å². The predicted molar refractivity (Wildman–Crippen MR) is 127 cm³/mol. The fourth-order valence-electron chi connectivity index (χ4n) is 4.54. The van der Waals surface area contributed by atoms with Crippen LogP contribution in [0.4, 0.5) is 0 Å². The second-order valence-electron chi connectivity index (χ2n) is 9.01. The number of amides is 1. The summed E-state index contributed by atoms with van der Waals surface area (Å²) in [7, 11) is 0. The molecule has 2 aliphatic rings. The van der Waals surface area contributed by atoms with Crippen LogP contribution in [0.5, 0.6) is 11.6 Å². The first kappa shape index (κ1) is 21.7. The van der Waals surface area contributed by atoms with Crippen molar-refractivity contribution in [3.05, 3.63) is 71.9 Å². The molecule has 0 N–H and O–H groups in total. The number of nitrogens with zero attached hydrogens (tertiary/aromatic N) is 3. The molecule has 6 heteroatoms. The zero-order valence-electron chi connectivity index (χ0n) is 19.2. The summed E-state index contributed by atoms with van der Waals surface area (Å²) in [6.07, 6.45) is 5.27. The second kappa shape index (κ2) is 9.79. The number of aryl methyl sites for hydroxylation is 1. The van der Waals surface area contributed by atoms with Crippen molar-refractivity contribution in [2.75, 3.05) is 13.2 Å². The molecule has 5 rings (SSSR count). The lowest BCUT2D eigenvalue weighted by molar-refractivity contribution is -0.140. The fourth-order valence-corrected chi connectivity index (χ4v) is 4.54. The van der Waals surface area contributed by atoms with E-state index in [-0.39, 0.29) is 17.9 Å². The molecule has 2 aromatic carbocycles. The number of carbonyl (C=O) groups is 1. The summed E-state index contributed by atoms with van der Waals surface area (Å²) in [5.41, 5.74) is 2.73. The molecule has 1 aliphatic carbocycles. The topological polar surface area (TPSA) is 56.6 Å². The van der Waals surface area contributed by atoms with Gasteiger partial charge in [0.25, 0.3) is 0 Å². The van der Waals surface area contributed by atoms with Crippen LogP contribution >= 0.6 is 0 Å². The minimum absolute atomic E-state index is 0.108. The van der Waals surface area contributed by atoms with Crippen molar-refractivity contribution >= 4 is 5.91 Å². The lowest BCUT2D eigenvalue weighted by atomic mass is 9.84. The highest BCUT2D eigenvalue weighted by atomic mass is 16.5. The average Bonchev–Trinajstić information content (AvgIpc) is 3.42. The third kappa shape index (κ3) is 4.81. The van der Waals surface area contributed by atoms with Crippen molar-refractivity contribution in [2.24, 2.45) is 5.92 Å². The van der Waals surface area contributed by atoms with Crippen LogP contribution in [0.2, 0.25) is 0 Å². The van der Waals surface area contributed by atoms with Crippen LogP contribution in [0.3, 0.4) is 0 Å². The SMILES string of the molecule is Cc1nn(-c2ccccc2)c(Oc2ccccc2)c1CN(C[C@H]1CCCO1)C(=O)C1CCC1. The molecule has 1 saturated carbocycles. The Balaban J connectivity index is 1.50. The normalized spacial score (nSPS) is 18.2. The molecule has 1 saturated heterocycles. The Morgan fingerprint density at radius 1 is 1.06 bits per heavy atom. The van der Waals surface area contributed by atoms with Gasteiger partial charge in [0.15, 0.2) is 0 Å². The highest BCUT2D eigenvalue weighted by Gasteiger charge is 2.33. The van der Waals surface area contributed by atoms with Crippen LogP contribution in [0.25, 0.3) is 5.69 Å². The first-order valence-electron chi connectivity index (χ1n) is 12.0. The Hall–Kier alpha value is -3.12. The molecular formula is C27H31N3O3. The number of carbonyl (C=O) groups excluding carboxylic acids is 1. The van der Waals surface area contributed by atoms with Crippen LogP contribution in [0.15, 0.2) is 60.7 Å². The Kier molecular flexibility index (Phi) is 6.44. The van der Waals surface area contributed by atoms with Gasteiger partial charge in [-0.2, -0.15) is 5.10 Å². The van der Waals surface area contributed by atoms with Crippen molar-refractivity contribution in [2.45, 2.75) is 51.7 Å². The van der Waals surface area contributed by atoms with E-state index in [4.69, 9.17) is 14.6 Å². The maximum absolute atomic E-state index is 13.4. The average molecular weight is 446 g/mol. The van der Waals surface area contributed by atoms with Crippen LogP contribution in [0, 0.1) is 12.8 Å². The summed E-state index contributed by atoms with van der Waals surface area (Å²) in [4.78, 5) is 15.4. The Morgan fingerprint density at radius 2 is 1.79 bits per heavy atom. The lowest BCUT2D eigenvalue weighted by Gasteiger charge is -2.33. The molecule has 0 spiro atoms. The molecule has 6 nitrogen and oxygen atoms in total. The molecule has 3 aromatic rings. The molecule has 2 heterocycles. The maximum atomic E-state index is 13.4. The van der Waals surface area contributed by atoms with E-state index in [0.29, 0.717) is 19.0 Å². The monoisotopic (exact) mass is 445 g/mol. The van der Waals surface area contributed by atoms with Crippen molar-refractivity contribution in [3.63, 3.8) is 0 Å². The van der Waals surface area contributed by atoms with E-state index in [1.807, 2.05) is 77.2 Å². The number of rotatable bonds is 8. The molecular weight excluding hydrogens is 414 g/mol. The fraction of sp³-hybridized carbons (Fsp3) is 0.407. The van der Waals surface area contributed by atoms with Crippen LogP contribution in [-0.4, -0.2) is 39.8 Å². The van der Waals surface area contributed by atoms with Gasteiger partial charge in [-0.25, -0.2) is 4.68 Å². The van der Waals surface area contributed by atoms with E-state index in [1.165, 1.54) is 0 Å². The second-order valence-corrected chi connectivity index (χ2v) is 9.01. The molecule has 33 heavy (non-hydrogen) atoms. The summed E-state index contributed by atoms with van der Waals surface area (Å²) in [5.74, 6) is 1.76. The Labute approximate surface area is 195 Å². The molecule has 172 valence electrons. The first-order valence-corrected chi connectivity index (χ1v) is 12.0. The van der Waals surface area contributed by atoms with E-state index in [2.05, 4.69) is 0 Å². The quantitative estimate of drug-likeness (QED) is 0.473. The minimum Gasteiger partial charge on any atom is -0.439 e. The minimum atomic E-state index is 0.108. The number of aromatic nitrogens is 2. The third-order valence-electron chi connectivity index (χ3n) is 6.66. The summed E-state index contributed by atoms with van der Waals surface area (Å²) in [6, 6.07) is 19.7. The molecule has 0 bridgehead atoms.